The van der Waals surface area contributed by atoms with E-state index in [0.29, 0.717) is 12.1 Å². The van der Waals surface area contributed by atoms with Crippen LogP contribution in [0.25, 0.3) is 0 Å². The molecule has 0 unspecified atom stereocenters. The summed E-state index contributed by atoms with van der Waals surface area (Å²) < 4.78 is 0. The number of hydrogen-bond donors (Lipinski definition) is 1. The van der Waals surface area contributed by atoms with E-state index in [-0.39, 0.29) is 0 Å². The SMILES string of the molecule is CC(C)N(Cc1ccccc1)[C@@H]1CCCNC1. The van der Waals surface area contributed by atoms with E-state index in [1.807, 2.05) is 0 Å². The van der Waals surface area contributed by atoms with Gasteiger partial charge in [0, 0.05) is 25.2 Å². The van der Waals surface area contributed by atoms with E-state index < -0.39 is 0 Å². The van der Waals surface area contributed by atoms with Crippen LogP contribution in [0.15, 0.2) is 30.3 Å². The van der Waals surface area contributed by atoms with Gasteiger partial charge in [0.15, 0.2) is 0 Å². The summed E-state index contributed by atoms with van der Waals surface area (Å²) >= 11 is 0. The Morgan fingerprint density at radius 2 is 2.06 bits per heavy atom. The molecule has 1 saturated heterocycles. The number of nitrogens with zero attached hydrogens (tertiary/aromatic N) is 1. The Morgan fingerprint density at radius 3 is 2.65 bits per heavy atom. The summed E-state index contributed by atoms with van der Waals surface area (Å²) in [6.07, 6.45) is 2.64. The summed E-state index contributed by atoms with van der Waals surface area (Å²) in [6, 6.07) is 12.1. The summed E-state index contributed by atoms with van der Waals surface area (Å²) in [5.41, 5.74) is 1.42. The molecule has 1 atom stereocenters. The molecule has 0 aliphatic carbocycles. The van der Waals surface area contributed by atoms with Gasteiger partial charge < -0.3 is 5.32 Å². The Balaban J connectivity index is 2.01. The number of benzene rings is 1. The average Bonchev–Trinajstić information content (AvgIpc) is 2.38. The second-order valence-electron chi connectivity index (χ2n) is 5.25. The highest BCUT2D eigenvalue weighted by Crippen LogP contribution is 2.17. The van der Waals surface area contributed by atoms with Crippen molar-refractivity contribution in [2.75, 3.05) is 13.1 Å². The van der Waals surface area contributed by atoms with Crippen molar-refractivity contribution in [3.05, 3.63) is 35.9 Å². The summed E-state index contributed by atoms with van der Waals surface area (Å²) in [5, 5.41) is 3.51. The van der Waals surface area contributed by atoms with Gasteiger partial charge in [-0.2, -0.15) is 0 Å². The van der Waals surface area contributed by atoms with Crippen LogP contribution in [0.5, 0.6) is 0 Å². The second-order valence-corrected chi connectivity index (χ2v) is 5.25. The molecule has 2 heteroatoms. The molecule has 0 radical (unpaired) electrons. The van der Waals surface area contributed by atoms with Crippen molar-refractivity contribution in [1.29, 1.82) is 0 Å². The molecule has 0 spiro atoms. The van der Waals surface area contributed by atoms with Crippen molar-refractivity contribution in [2.45, 2.75) is 45.3 Å². The summed E-state index contributed by atoms with van der Waals surface area (Å²) in [5.74, 6) is 0. The van der Waals surface area contributed by atoms with Crippen LogP contribution in [-0.4, -0.2) is 30.1 Å². The zero-order chi connectivity index (χ0) is 12.1. The van der Waals surface area contributed by atoms with Gasteiger partial charge in [0.1, 0.15) is 0 Å². The molecule has 0 aromatic heterocycles. The molecule has 1 aliphatic rings. The maximum Gasteiger partial charge on any atom is 0.0239 e. The number of rotatable bonds is 4. The molecule has 0 amide bonds. The van der Waals surface area contributed by atoms with Crippen LogP contribution in [0.1, 0.15) is 32.3 Å². The van der Waals surface area contributed by atoms with E-state index in [0.717, 1.165) is 13.1 Å². The van der Waals surface area contributed by atoms with Crippen molar-refractivity contribution in [3.63, 3.8) is 0 Å². The third kappa shape index (κ3) is 3.55. The molecule has 1 aliphatic heterocycles. The predicted molar refractivity (Wildman–Crippen MR) is 73.0 cm³/mol. The summed E-state index contributed by atoms with van der Waals surface area (Å²) in [4.78, 5) is 2.63. The van der Waals surface area contributed by atoms with Gasteiger partial charge in [0.2, 0.25) is 0 Å². The molecule has 94 valence electrons. The fraction of sp³-hybridized carbons (Fsp3) is 0.600. The van der Waals surface area contributed by atoms with Crippen LogP contribution in [0.3, 0.4) is 0 Å². The zero-order valence-electron chi connectivity index (χ0n) is 11.0. The van der Waals surface area contributed by atoms with Gasteiger partial charge in [-0.25, -0.2) is 0 Å². The number of nitrogens with one attached hydrogen (secondary N) is 1. The summed E-state index contributed by atoms with van der Waals surface area (Å²) in [7, 11) is 0. The normalized spacial score (nSPS) is 21.1. The standard InChI is InChI=1S/C15H24N2/c1-13(2)17(15-9-6-10-16-11-15)12-14-7-4-3-5-8-14/h3-5,7-8,13,15-16H,6,9-12H2,1-2H3/t15-/m1/s1. The first-order chi connectivity index (χ1) is 8.27. The van der Waals surface area contributed by atoms with Crippen LogP contribution in [0.4, 0.5) is 0 Å². The van der Waals surface area contributed by atoms with E-state index in [9.17, 15) is 0 Å². The maximum atomic E-state index is 3.51. The van der Waals surface area contributed by atoms with Crippen molar-refractivity contribution in [1.82, 2.24) is 10.2 Å². The van der Waals surface area contributed by atoms with Crippen molar-refractivity contribution < 1.29 is 0 Å². The third-order valence-corrected chi connectivity index (χ3v) is 3.61. The fourth-order valence-corrected chi connectivity index (χ4v) is 2.64. The molecule has 1 aromatic rings. The van der Waals surface area contributed by atoms with Gasteiger partial charge in [0.25, 0.3) is 0 Å². The molecular formula is C15H24N2. The lowest BCUT2D eigenvalue weighted by atomic mass is 10.0. The first-order valence-electron chi connectivity index (χ1n) is 6.78. The smallest absolute Gasteiger partial charge is 0.0239 e. The minimum atomic E-state index is 0.611. The van der Waals surface area contributed by atoms with E-state index >= 15 is 0 Å². The van der Waals surface area contributed by atoms with Gasteiger partial charge >= 0.3 is 0 Å². The van der Waals surface area contributed by atoms with E-state index in [2.05, 4.69) is 54.4 Å². The average molecular weight is 232 g/mol. The van der Waals surface area contributed by atoms with Crippen molar-refractivity contribution in [2.24, 2.45) is 0 Å². The quantitative estimate of drug-likeness (QED) is 0.858. The van der Waals surface area contributed by atoms with E-state index in [4.69, 9.17) is 0 Å². The van der Waals surface area contributed by atoms with Crippen LogP contribution in [0, 0.1) is 0 Å². The highest BCUT2D eigenvalue weighted by Gasteiger charge is 2.22. The maximum absolute atomic E-state index is 3.51. The minimum absolute atomic E-state index is 0.611. The second kappa shape index (κ2) is 6.18. The van der Waals surface area contributed by atoms with Crippen molar-refractivity contribution >= 4 is 0 Å². The highest BCUT2D eigenvalue weighted by atomic mass is 15.2. The Kier molecular flexibility index (Phi) is 4.57. The lowest BCUT2D eigenvalue weighted by Gasteiger charge is -2.37. The molecule has 0 saturated carbocycles. The van der Waals surface area contributed by atoms with Crippen LogP contribution in [-0.2, 0) is 6.54 Å². The minimum Gasteiger partial charge on any atom is -0.315 e. The molecule has 2 nitrogen and oxygen atoms in total. The van der Waals surface area contributed by atoms with E-state index in [1.165, 1.54) is 24.9 Å². The molecule has 2 rings (SSSR count). The molecule has 1 fully saturated rings. The largest absolute Gasteiger partial charge is 0.315 e. The lowest BCUT2D eigenvalue weighted by molar-refractivity contribution is 0.121. The lowest BCUT2D eigenvalue weighted by Crippen LogP contribution is -2.48. The van der Waals surface area contributed by atoms with Crippen molar-refractivity contribution in [3.8, 4) is 0 Å². The van der Waals surface area contributed by atoms with Crippen LogP contribution in [0.2, 0.25) is 0 Å². The topological polar surface area (TPSA) is 15.3 Å². The van der Waals surface area contributed by atoms with Gasteiger partial charge in [0.05, 0.1) is 0 Å². The Morgan fingerprint density at radius 1 is 1.29 bits per heavy atom. The molecule has 1 N–H and O–H groups in total. The third-order valence-electron chi connectivity index (χ3n) is 3.61. The van der Waals surface area contributed by atoms with Crippen LogP contribution >= 0.6 is 0 Å². The highest BCUT2D eigenvalue weighted by molar-refractivity contribution is 5.14. The Labute approximate surface area is 105 Å². The van der Waals surface area contributed by atoms with Gasteiger partial charge in [-0.15, -0.1) is 0 Å². The van der Waals surface area contributed by atoms with Gasteiger partial charge in [-0.05, 0) is 38.8 Å². The molecule has 17 heavy (non-hydrogen) atoms. The molecule has 1 heterocycles. The first-order valence-corrected chi connectivity index (χ1v) is 6.78. The van der Waals surface area contributed by atoms with Crippen LogP contribution < -0.4 is 5.32 Å². The van der Waals surface area contributed by atoms with Gasteiger partial charge in [-0.1, -0.05) is 30.3 Å². The molecular weight excluding hydrogens is 208 g/mol. The molecule has 1 aromatic carbocycles. The fourth-order valence-electron chi connectivity index (χ4n) is 2.64. The summed E-state index contributed by atoms with van der Waals surface area (Å²) in [6.45, 7) is 8.01. The number of hydrogen-bond acceptors (Lipinski definition) is 2. The van der Waals surface area contributed by atoms with Gasteiger partial charge in [-0.3, -0.25) is 4.90 Å². The number of piperidine rings is 1. The molecule has 0 bridgehead atoms. The predicted octanol–water partition coefficient (Wildman–Crippen LogP) is 2.65. The monoisotopic (exact) mass is 232 g/mol. The Hall–Kier alpha value is -0.860. The first kappa shape index (κ1) is 12.6. The zero-order valence-corrected chi connectivity index (χ0v) is 11.0. The van der Waals surface area contributed by atoms with E-state index in [1.54, 1.807) is 0 Å². The Bertz CT molecular complexity index is 315.